The molecule has 1 amide bonds. The zero-order valence-electron chi connectivity index (χ0n) is 9.48. The summed E-state index contributed by atoms with van der Waals surface area (Å²) < 4.78 is 0. The second-order valence-electron chi connectivity index (χ2n) is 3.77. The van der Waals surface area contributed by atoms with E-state index >= 15 is 0 Å². The first-order valence-electron chi connectivity index (χ1n) is 5.50. The van der Waals surface area contributed by atoms with Crippen LogP contribution in [0.4, 0.5) is 5.69 Å². The molecule has 1 aromatic carbocycles. The second kappa shape index (κ2) is 5.27. The van der Waals surface area contributed by atoms with E-state index in [4.69, 9.17) is 0 Å². The van der Waals surface area contributed by atoms with E-state index in [0.717, 1.165) is 22.9 Å². The molecule has 0 aliphatic rings. The van der Waals surface area contributed by atoms with Gasteiger partial charge in [-0.05, 0) is 23.9 Å². The van der Waals surface area contributed by atoms with E-state index in [0.29, 0.717) is 0 Å². The topological polar surface area (TPSA) is 42.0 Å². The van der Waals surface area contributed by atoms with Gasteiger partial charge in [-0.2, -0.15) is 0 Å². The summed E-state index contributed by atoms with van der Waals surface area (Å²) in [7, 11) is 0. The standard InChI is InChI=1S/C13H13BrN2O/c1-2-11(14)13(17)16-12-5-3-4-9-6-7-15-8-10(9)12/h3-8,11H,2H2,1H3,(H,16,17). The molecule has 0 fully saturated rings. The molecule has 0 saturated heterocycles. The van der Waals surface area contributed by atoms with Crippen molar-refractivity contribution in [2.45, 2.75) is 18.2 Å². The summed E-state index contributed by atoms with van der Waals surface area (Å²) >= 11 is 3.34. The molecule has 1 aromatic heterocycles. The van der Waals surface area contributed by atoms with E-state index < -0.39 is 0 Å². The molecular weight excluding hydrogens is 280 g/mol. The number of anilines is 1. The van der Waals surface area contributed by atoms with Crippen LogP contribution in [0.3, 0.4) is 0 Å². The van der Waals surface area contributed by atoms with Gasteiger partial charge in [0.15, 0.2) is 0 Å². The first-order chi connectivity index (χ1) is 8.22. The van der Waals surface area contributed by atoms with Crippen LogP contribution in [0.25, 0.3) is 10.8 Å². The average Bonchev–Trinajstić information content (AvgIpc) is 2.38. The number of alkyl halides is 1. The smallest absolute Gasteiger partial charge is 0.238 e. The minimum absolute atomic E-state index is 0.0242. The number of amides is 1. The monoisotopic (exact) mass is 292 g/mol. The Morgan fingerprint density at radius 1 is 1.47 bits per heavy atom. The van der Waals surface area contributed by atoms with Crippen LogP contribution in [-0.2, 0) is 4.79 Å². The number of fused-ring (bicyclic) bond motifs is 1. The molecule has 1 heterocycles. The maximum atomic E-state index is 11.8. The Hall–Kier alpha value is -1.42. The summed E-state index contributed by atoms with van der Waals surface area (Å²) in [6.07, 6.45) is 4.27. The Balaban J connectivity index is 2.33. The third kappa shape index (κ3) is 2.64. The predicted molar refractivity (Wildman–Crippen MR) is 73.4 cm³/mol. The van der Waals surface area contributed by atoms with Crippen LogP contribution in [0.15, 0.2) is 36.7 Å². The number of aromatic nitrogens is 1. The molecule has 2 aromatic rings. The van der Waals surface area contributed by atoms with Crippen molar-refractivity contribution >= 4 is 38.3 Å². The Morgan fingerprint density at radius 2 is 2.29 bits per heavy atom. The molecule has 3 nitrogen and oxygen atoms in total. The molecule has 17 heavy (non-hydrogen) atoms. The Kier molecular flexibility index (Phi) is 3.74. The maximum absolute atomic E-state index is 11.8. The van der Waals surface area contributed by atoms with Gasteiger partial charge in [-0.1, -0.05) is 35.0 Å². The van der Waals surface area contributed by atoms with E-state index in [1.165, 1.54) is 0 Å². The number of rotatable bonds is 3. The molecule has 1 N–H and O–H groups in total. The summed E-state index contributed by atoms with van der Waals surface area (Å²) in [5, 5.41) is 4.94. The molecule has 0 aliphatic carbocycles. The van der Waals surface area contributed by atoms with Crippen LogP contribution in [-0.4, -0.2) is 15.7 Å². The third-order valence-electron chi connectivity index (χ3n) is 2.58. The second-order valence-corrected chi connectivity index (χ2v) is 4.87. The van der Waals surface area contributed by atoms with Crippen molar-refractivity contribution in [3.8, 4) is 0 Å². The summed E-state index contributed by atoms with van der Waals surface area (Å²) in [6.45, 7) is 1.96. The van der Waals surface area contributed by atoms with E-state index in [1.807, 2.05) is 31.2 Å². The van der Waals surface area contributed by atoms with Gasteiger partial charge in [0.05, 0.1) is 10.5 Å². The van der Waals surface area contributed by atoms with Gasteiger partial charge in [-0.15, -0.1) is 0 Å². The van der Waals surface area contributed by atoms with Crippen LogP contribution < -0.4 is 5.32 Å². The zero-order valence-corrected chi connectivity index (χ0v) is 11.1. The molecule has 0 saturated carbocycles. The fourth-order valence-electron chi connectivity index (χ4n) is 1.62. The van der Waals surface area contributed by atoms with Gasteiger partial charge in [0.25, 0.3) is 0 Å². The van der Waals surface area contributed by atoms with Gasteiger partial charge >= 0.3 is 0 Å². The summed E-state index contributed by atoms with van der Waals surface area (Å²) in [4.78, 5) is 15.7. The van der Waals surface area contributed by atoms with Crippen molar-refractivity contribution in [1.82, 2.24) is 4.98 Å². The van der Waals surface area contributed by atoms with Crippen LogP contribution in [0.1, 0.15) is 13.3 Å². The average molecular weight is 293 g/mol. The summed E-state index contributed by atoms with van der Waals surface area (Å²) in [6, 6.07) is 7.74. The van der Waals surface area contributed by atoms with Gasteiger partial charge in [-0.3, -0.25) is 9.78 Å². The molecular formula is C13H13BrN2O. The normalized spacial score (nSPS) is 12.4. The first kappa shape index (κ1) is 12.0. The predicted octanol–water partition coefficient (Wildman–Crippen LogP) is 3.35. The van der Waals surface area contributed by atoms with Gasteiger partial charge in [-0.25, -0.2) is 0 Å². The number of halogens is 1. The number of carbonyl (C=O) groups excluding carboxylic acids is 1. The van der Waals surface area contributed by atoms with Crippen LogP contribution >= 0.6 is 15.9 Å². The van der Waals surface area contributed by atoms with Crippen molar-refractivity contribution in [2.24, 2.45) is 0 Å². The molecule has 0 bridgehead atoms. The SMILES string of the molecule is CCC(Br)C(=O)Nc1cccc2ccncc12. The van der Waals surface area contributed by atoms with Gasteiger partial charge < -0.3 is 5.32 Å². The van der Waals surface area contributed by atoms with Crippen molar-refractivity contribution < 1.29 is 4.79 Å². The fourth-order valence-corrected chi connectivity index (χ4v) is 1.73. The molecule has 4 heteroatoms. The van der Waals surface area contributed by atoms with E-state index in [2.05, 4.69) is 26.2 Å². The highest BCUT2D eigenvalue weighted by Crippen LogP contribution is 2.22. The van der Waals surface area contributed by atoms with E-state index in [1.54, 1.807) is 12.4 Å². The Morgan fingerprint density at radius 3 is 3.06 bits per heavy atom. The van der Waals surface area contributed by atoms with Crippen molar-refractivity contribution in [1.29, 1.82) is 0 Å². The number of nitrogens with one attached hydrogen (secondary N) is 1. The number of carbonyl (C=O) groups is 1. The van der Waals surface area contributed by atoms with Gasteiger partial charge in [0.1, 0.15) is 0 Å². The largest absolute Gasteiger partial charge is 0.324 e. The molecule has 0 spiro atoms. The lowest BCUT2D eigenvalue weighted by Gasteiger charge is -2.10. The minimum atomic E-state index is -0.158. The number of benzene rings is 1. The lowest BCUT2D eigenvalue weighted by atomic mass is 10.1. The quantitative estimate of drug-likeness (QED) is 0.882. The number of hydrogen-bond donors (Lipinski definition) is 1. The third-order valence-corrected chi connectivity index (χ3v) is 3.65. The minimum Gasteiger partial charge on any atom is -0.324 e. The van der Waals surface area contributed by atoms with Crippen molar-refractivity contribution in [2.75, 3.05) is 5.32 Å². The molecule has 1 unspecified atom stereocenters. The van der Waals surface area contributed by atoms with Crippen molar-refractivity contribution in [3.05, 3.63) is 36.7 Å². The molecule has 2 rings (SSSR count). The van der Waals surface area contributed by atoms with E-state index in [9.17, 15) is 4.79 Å². The summed E-state index contributed by atoms with van der Waals surface area (Å²) in [5.41, 5.74) is 0.804. The van der Waals surface area contributed by atoms with Crippen LogP contribution in [0.2, 0.25) is 0 Å². The van der Waals surface area contributed by atoms with Crippen LogP contribution in [0, 0.1) is 0 Å². The molecule has 0 aliphatic heterocycles. The molecule has 1 atom stereocenters. The highest BCUT2D eigenvalue weighted by atomic mass is 79.9. The highest BCUT2D eigenvalue weighted by Gasteiger charge is 2.13. The zero-order chi connectivity index (χ0) is 12.3. The van der Waals surface area contributed by atoms with Gasteiger partial charge in [0.2, 0.25) is 5.91 Å². The summed E-state index contributed by atoms with van der Waals surface area (Å²) in [5.74, 6) is -0.0242. The number of pyridine rings is 1. The Labute approximate surface area is 108 Å². The lowest BCUT2D eigenvalue weighted by molar-refractivity contribution is -0.115. The lowest BCUT2D eigenvalue weighted by Crippen LogP contribution is -2.22. The number of hydrogen-bond acceptors (Lipinski definition) is 2. The van der Waals surface area contributed by atoms with Crippen LogP contribution in [0.5, 0.6) is 0 Å². The maximum Gasteiger partial charge on any atom is 0.238 e. The van der Waals surface area contributed by atoms with E-state index in [-0.39, 0.29) is 10.7 Å². The molecule has 0 radical (unpaired) electrons. The fraction of sp³-hybridized carbons (Fsp3) is 0.231. The first-order valence-corrected chi connectivity index (χ1v) is 6.41. The molecule has 88 valence electrons. The Bertz CT molecular complexity index is 536. The number of nitrogens with zero attached hydrogens (tertiary/aromatic N) is 1. The van der Waals surface area contributed by atoms with Gasteiger partial charge in [0, 0.05) is 17.8 Å². The van der Waals surface area contributed by atoms with Crippen molar-refractivity contribution in [3.63, 3.8) is 0 Å². The highest BCUT2D eigenvalue weighted by molar-refractivity contribution is 9.10.